The first-order chi connectivity index (χ1) is 16.2. The summed E-state index contributed by atoms with van der Waals surface area (Å²) in [6.45, 7) is 1.73. The minimum atomic E-state index is -0.709. The van der Waals surface area contributed by atoms with Gasteiger partial charge in [0.2, 0.25) is 0 Å². The van der Waals surface area contributed by atoms with Crippen LogP contribution >= 0.6 is 0 Å². The molecule has 2 saturated heterocycles. The van der Waals surface area contributed by atoms with Crippen molar-refractivity contribution in [3.05, 3.63) is 73.3 Å². The van der Waals surface area contributed by atoms with E-state index >= 15 is 0 Å². The molecule has 0 saturated carbocycles. The molecule has 6 rings (SSSR count). The Morgan fingerprint density at radius 2 is 1.52 bits per heavy atom. The van der Waals surface area contributed by atoms with Crippen molar-refractivity contribution in [2.45, 2.75) is 31.0 Å². The van der Waals surface area contributed by atoms with Gasteiger partial charge in [-0.2, -0.15) is 0 Å². The number of imidazole rings is 1. The number of aliphatic hydroxyl groups excluding tert-OH is 1. The van der Waals surface area contributed by atoms with Crippen molar-refractivity contribution in [1.82, 2.24) is 19.5 Å². The second-order valence-electron chi connectivity index (χ2n) is 8.42. The fraction of sp³-hybridized carbons (Fsp3) is 0.292. The summed E-state index contributed by atoms with van der Waals surface area (Å²) in [7, 11) is 0. The lowest BCUT2D eigenvalue weighted by molar-refractivity contribution is -0.0405. The van der Waals surface area contributed by atoms with E-state index in [-0.39, 0.29) is 12.3 Å². The number of anilines is 3. The Kier molecular flexibility index (Phi) is 4.85. The van der Waals surface area contributed by atoms with Crippen molar-refractivity contribution in [1.29, 1.82) is 0 Å². The quantitative estimate of drug-likeness (QED) is 0.495. The number of nitrogen functional groups attached to an aromatic ring is 1. The molecule has 2 aromatic heterocycles. The van der Waals surface area contributed by atoms with Crippen LogP contribution in [0.2, 0.25) is 0 Å². The smallest absolute Gasteiger partial charge is 0.167 e. The molecule has 33 heavy (non-hydrogen) atoms. The highest BCUT2D eigenvalue weighted by molar-refractivity contribution is 5.81. The first-order valence-corrected chi connectivity index (χ1v) is 11.1. The Morgan fingerprint density at radius 3 is 2.15 bits per heavy atom. The van der Waals surface area contributed by atoms with Gasteiger partial charge in [0.05, 0.1) is 6.33 Å². The number of nitrogens with zero attached hydrogens (tertiary/aromatic N) is 6. The summed E-state index contributed by atoms with van der Waals surface area (Å²) >= 11 is 0. The molecule has 3 atom stereocenters. The molecule has 0 spiro atoms. The van der Waals surface area contributed by atoms with Gasteiger partial charge in [-0.05, 0) is 24.3 Å². The number of aromatic nitrogens is 4. The Labute approximate surface area is 191 Å². The fourth-order valence-electron chi connectivity index (χ4n) is 5.03. The molecule has 4 aromatic rings. The Bertz CT molecular complexity index is 1200. The van der Waals surface area contributed by atoms with Gasteiger partial charge in [-0.25, -0.2) is 15.0 Å². The van der Waals surface area contributed by atoms with E-state index in [0.717, 1.165) is 24.5 Å². The number of fused-ring (bicyclic) bond motifs is 1. The van der Waals surface area contributed by atoms with E-state index < -0.39 is 12.3 Å². The van der Waals surface area contributed by atoms with Crippen molar-refractivity contribution in [3.8, 4) is 0 Å². The van der Waals surface area contributed by atoms with Crippen molar-refractivity contribution >= 4 is 28.4 Å². The van der Waals surface area contributed by atoms with Gasteiger partial charge in [-0.1, -0.05) is 36.4 Å². The Hall–Kier alpha value is -3.69. The topological polar surface area (TPSA) is 106 Å². The van der Waals surface area contributed by atoms with Crippen molar-refractivity contribution in [2.75, 3.05) is 28.6 Å². The first-order valence-electron chi connectivity index (χ1n) is 11.1. The van der Waals surface area contributed by atoms with Crippen LogP contribution in [0.1, 0.15) is 12.6 Å². The molecule has 2 fully saturated rings. The molecule has 4 heterocycles. The van der Waals surface area contributed by atoms with Crippen molar-refractivity contribution < 1.29 is 9.84 Å². The maximum Gasteiger partial charge on any atom is 0.167 e. The Balaban J connectivity index is 1.36. The number of aliphatic hydroxyl groups is 1. The molecule has 168 valence electrons. The maximum atomic E-state index is 11.0. The Morgan fingerprint density at radius 1 is 0.879 bits per heavy atom. The number of rotatable bonds is 4. The molecule has 9 heteroatoms. The van der Waals surface area contributed by atoms with Gasteiger partial charge < -0.3 is 25.4 Å². The van der Waals surface area contributed by atoms with E-state index in [9.17, 15) is 5.11 Å². The van der Waals surface area contributed by atoms with Gasteiger partial charge >= 0.3 is 0 Å². The number of para-hydroxylation sites is 2. The predicted molar refractivity (Wildman–Crippen MR) is 126 cm³/mol. The minimum absolute atomic E-state index is 0.0658. The summed E-state index contributed by atoms with van der Waals surface area (Å²) < 4.78 is 8.30. The summed E-state index contributed by atoms with van der Waals surface area (Å²) in [4.78, 5) is 17.4. The summed E-state index contributed by atoms with van der Waals surface area (Å²) in [6, 6.07) is 20.7. The van der Waals surface area contributed by atoms with E-state index in [1.54, 1.807) is 10.9 Å². The van der Waals surface area contributed by atoms with Gasteiger partial charge in [0.15, 0.2) is 17.7 Å². The predicted octanol–water partition coefficient (Wildman–Crippen LogP) is 2.41. The van der Waals surface area contributed by atoms with Gasteiger partial charge in [0, 0.05) is 30.9 Å². The number of ether oxygens (including phenoxy) is 1. The second-order valence-corrected chi connectivity index (χ2v) is 8.42. The molecule has 0 unspecified atom stereocenters. The van der Waals surface area contributed by atoms with Crippen LogP contribution in [0.5, 0.6) is 0 Å². The highest BCUT2D eigenvalue weighted by Gasteiger charge is 2.46. The van der Waals surface area contributed by atoms with E-state index in [1.165, 1.54) is 6.33 Å². The summed E-state index contributed by atoms with van der Waals surface area (Å²) in [5.74, 6) is 0.309. The largest absolute Gasteiger partial charge is 0.388 e. The van der Waals surface area contributed by atoms with Crippen molar-refractivity contribution in [3.63, 3.8) is 0 Å². The molecule has 2 aliphatic heterocycles. The van der Waals surface area contributed by atoms with Gasteiger partial charge in [-0.3, -0.25) is 4.57 Å². The van der Waals surface area contributed by atoms with Crippen LogP contribution in [0.4, 0.5) is 17.2 Å². The molecule has 9 nitrogen and oxygen atoms in total. The lowest BCUT2D eigenvalue weighted by atomic mass is 10.1. The lowest BCUT2D eigenvalue weighted by Gasteiger charge is -2.36. The van der Waals surface area contributed by atoms with Gasteiger partial charge in [0.25, 0.3) is 0 Å². The molecule has 0 bridgehead atoms. The fourth-order valence-corrected chi connectivity index (χ4v) is 5.03. The summed E-state index contributed by atoms with van der Waals surface area (Å²) in [5.41, 5.74) is 9.28. The van der Waals surface area contributed by atoms with Crippen LogP contribution in [-0.4, -0.2) is 56.1 Å². The van der Waals surface area contributed by atoms with Crippen molar-refractivity contribution in [2.24, 2.45) is 0 Å². The lowest BCUT2D eigenvalue weighted by Crippen LogP contribution is -2.48. The third kappa shape index (κ3) is 3.37. The monoisotopic (exact) mass is 443 g/mol. The number of hydrogen-bond acceptors (Lipinski definition) is 8. The van der Waals surface area contributed by atoms with Crippen LogP contribution in [-0.2, 0) is 4.74 Å². The van der Waals surface area contributed by atoms with Crippen LogP contribution in [0.15, 0.2) is 73.3 Å². The van der Waals surface area contributed by atoms with E-state index in [0.29, 0.717) is 23.4 Å². The molecular weight excluding hydrogens is 418 g/mol. The molecule has 3 N–H and O–H groups in total. The van der Waals surface area contributed by atoms with E-state index in [1.807, 2.05) is 36.4 Å². The van der Waals surface area contributed by atoms with Crippen LogP contribution < -0.4 is 15.5 Å². The van der Waals surface area contributed by atoms with Gasteiger partial charge in [-0.15, -0.1) is 0 Å². The van der Waals surface area contributed by atoms with E-state index in [2.05, 4.69) is 49.0 Å². The third-order valence-electron chi connectivity index (χ3n) is 6.51. The van der Waals surface area contributed by atoms with Gasteiger partial charge in [0.1, 0.15) is 30.2 Å². The average molecular weight is 444 g/mol. The third-order valence-corrected chi connectivity index (χ3v) is 6.51. The van der Waals surface area contributed by atoms with E-state index in [4.69, 9.17) is 10.5 Å². The minimum Gasteiger partial charge on any atom is -0.388 e. The summed E-state index contributed by atoms with van der Waals surface area (Å²) in [5, 5.41) is 11.0. The average Bonchev–Trinajstić information content (AvgIpc) is 3.57. The van der Waals surface area contributed by atoms with Crippen LogP contribution in [0.25, 0.3) is 11.2 Å². The molecule has 0 radical (unpaired) electrons. The highest BCUT2D eigenvalue weighted by Crippen LogP contribution is 2.39. The zero-order valence-electron chi connectivity index (χ0n) is 18.0. The summed E-state index contributed by atoms with van der Waals surface area (Å²) in [6.07, 6.45) is 1.89. The standard InChI is InChI=1S/C24H25N7O2/c25-21-20-22(27-14-26-21)31(15-28-20)24-18(32)13-19(33-24)23-29(16-7-3-1-4-8-16)11-12-30(23)17-9-5-2-6-10-17/h1-10,14-15,18-19,23-24,32H,11-13H2,(H2,25,26,27)/t18-,19+,24-/m1/s1. The molecule has 0 amide bonds. The first kappa shape index (κ1) is 20.0. The normalized spacial score (nSPS) is 23.6. The number of nitrogens with two attached hydrogens (primary N) is 1. The molecule has 0 aliphatic carbocycles. The number of benzene rings is 2. The molecular formula is C24H25N7O2. The highest BCUT2D eigenvalue weighted by atomic mass is 16.5. The van der Waals surface area contributed by atoms with Crippen LogP contribution in [0.3, 0.4) is 0 Å². The zero-order valence-corrected chi connectivity index (χ0v) is 18.0. The number of hydrogen-bond donors (Lipinski definition) is 2. The maximum absolute atomic E-state index is 11.0. The second kappa shape index (κ2) is 8.02. The van der Waals surface area contributed by atoms with Crippen LogP contribution in [0, 0.1) is 0 Å². The zero-order chi connectivity index (χ0) is 22.4. The SMILES string of the molecule is Nc1ncnc2c1ncn2[C@@H]1O[C@H](C2N(c3ccccc3)CCN2c2ccccc2)C[C@H]1O. The molecule has 2 aromatic carbocycles. The molecule has 2 aliphatic rings.